The fourth-order valence-electron chi connectivity index (χ4n) is 4.57. The van der Waals surface area contributed by atoms with Gasteiger partial charge in [0.25, 0.3) is 5.56 Å². The van der Waals surface area contributed by atoms with E-state index in [0.29, 0.717) is 24.7 Å². The maximum absolute atomic E-state index is 13.4. The Bertz CT molecular complexity index is 1300. The number of fused-ring (bicyclic) bond motifs is 1. The van der Waals surface area contributed by atoms with Crippen LogP contribution in [0.5, 0.6) is 5.75 Å². The van der Waals surface area contributed by atoms with Gasteiger partial charge in [0.05, 0.1) is 43.4 Å². The molecule has 0 radical (unpaired) electrons. The highest BCUT2D eigenvalue weighted by molar-refractivity contribution is 9.10. The van der Waals surface area contributed by atoms with Crippen LogP contribution in [0.4, 0.5) is 5.95 Å². The third-order valence-electron chi connectivity index (χ3n) is 6.36. The van der Waals surface area contributed by atoms with E-state index in [4.69, 9.17) is 4.74 Å². The van der Waals surface area contributed by atoms with Crippen molar-refractivity contribution in [2.75, 3.05) is 19.0 Å². The zero-order chi connectivity index (χ0) is 24.4. The van der Waals surface area contributed by atoms with Crippen molar-refractivity contribution in [3.05, 3.63) is 49.1 Å². The second-order valence-electron chi connectivity index (χ2n) is 8.47. The lowest BCUT2D eigenvalue weighted by molar-refractivity contribution is 0.116. The molecule has 1 aliphatic carbocycles. The van der Waals surface area contributed by atoms with Gasteiger partial charge in [-0.25, -0.2) is 4.79 Å². The van der Waals surface area contributed by atoms with Crippen molar-refractivity contribution in [3.8, 4) is 5.75 Å². The Kier molecular flexibility index (Phi) is 7.44. The molecule has 3 N–H and O–H groups in total. The summed E-state index contributed by atoms with van der Waals surface area (Å²) in [5.41, 5.74) is 0.439. The number of anilines is 1. The van der Waals surface area contributed by atoms with E-state index in [0.717, 1.165) is 33.9 Å². The molecule has 1 saturated carbocycles. The topological polar surface area (TPSA) is 124 Å². The molecule has 0 spiro atoms. The molecule has 1 fully saturated rings. The lowest BCUT2D eigenvalue weighted by Crippen LogP contribution is -2.40. The number of hydrogen-bond acceptors (Lipinski definition) is 7. The van der Waals surface area contributed by atoms with Crippen molar-refractivity contribution < 1.29 is 14.9 Å². The minimum absolute atomic E-state index is 0.0200. The van der Waals surface area contributed by atoms with Crippen LogP contribution in [-0.2, 0) is 19.6 Å². The quantitative estimate of drug-likeness (QED) is 0.402. The maximum atomic E-state index is 13.4. The van der Waals surface area contributed by atoms with Gasteiger partial charge in [0.2, 0.25) is 5.95 Å². The summed E-state index contributed by atoms with van der Waals surface area (Å²) in [6.07, 6.45) is 2.90. The molecule has 1 aromatic carbocycles. The highest BCUT2D eigenvalue weighted by Gasteiger charge is 2.27. The van der Waals surface area contributed by atoms with E-state index in [1.807, 2.05) is 18.2 Å². The van der Waals surface area contributed by atoms with Crippen molar-refractivity contribution in [1.82, 2.24) is 18.7 Å². The van der Waals surface area contributed by atoms with Crippen LogP contribution in [0.25, 0.3) is 11.2 Å². The molecule has 184 valence electrons. The zero-order valence-electron chi connectivity index (χ0n) is 19.3. The first kappa shape index (κ1) is 24.5. The number of hydrogen-bond donors (Lipinski definition) is 3. The predicted octanol–water partition coefficient (Wildman–Crippen LogP) is 1.91. The minimum atomic E-state index is -0.524. The van der Waals surface area contributed by atoms with Crippen LogP contribution in [0, 0.1) is 0 Å². The van der Waals surface area contributed by atoms with Crippen LogP contribution in [0.15, 0.2) is 32.3 Å². The Morgan fingerprint density at radius 1 is 1.21 bits per heavy atom. The molecule has 34 heavy (non-hydrogen) atoms. The van der Waals surface area contributed by atoms with Crippen molar-refractivity contribution >= 4 is 33.0 Å². The summed E-state index contributed by atoms with van der Waals surface area (Å²) in [6, 6.07) is 5.43. The molecule has 10 nitrogen and oxygen atoms in total. The third-order valence-corrected chi connectivity index (χ3v) is 6.97. The molecule has 2 atom stereocenters. The summed E-state index contributed by atoms with van der Waals surface area (Å²) < 4.78 is 10.3. The number of nitrogens with zero attached hydrogens (tertiary/aromatic N) is 4. The van der Waals surface area contributed by atoms with Gasteiger partial charge in [0.1, 0.15) is 5.75 Å². The first-order valence-electron chi connectivity index (χ1n) is 11.5. The van der Waals surface area contributed by atoms with E-state index < -0.39 is 17.4 Å². The van der Waals surface area contributed by atoms with E-state index >= 15 is 0 Å². The number of rotatable bonds is 8. The Morgan fingerprint density at radius 3 is 2.62 bits per heavy atom. The van der Waals surface area contributed by atoms with Crippen molar-refractivity contribution in [3.63, 3.8) is 0 Å². The van der Waals surface area contributed by atoms with Crippen LogP contribution in [0.2, 0.25) is 0 Å². The monoisotopic (exact) mass is 535 g/mol. The van der Waals surface area contributed by atoms with Crippen LogP contribution >= 0.6 is 15.9 Å². The average Bonchev–Trinajstić information content (AvgIpc) is 3.16. The Morgan fingerprint density at radius 2 is 1.97 bits per heavy atom. The van der Waals surface area contributed by atoms with E-state index in [-0.39, 0.29) is 36.9 Å². The van der Waals surface area contributed by atoms with Gasteiger partial charge in [-0.05, 0) is 53.4 Å². The molecule has 0 unspecified atom stereocenters. The standard InChI is InChI=1S/C23H30BrN5O5/c1-3-27-21(32)19-20(28(10-11-30)23(27)33)26-22(25-16-6-4-5-7-17(16)31)29(19)13-14-8-9-18(34-2)15(24)12-14/h8-9,12,16-17,30-31H,3-7,10-11,13H2,1-2H3,(H,25,26)/t16-,17-/m1/s1. The number of ether oxygens (including phenoxy) is 1. The number of imidazole rings is 1. The van der Waals surface area contributed by atoms with Crippen molar-refractivity contribution in [2.45, 2.75) is 64.4 Å². The zero-order valence-corrected chi connectivity index (χ0v) is 20.9. The van der Waals surface area contributed by atoms with E-state index in [9.17, 15) is 19.8 Å². The fourth-order valence-corrected chi connectivity index (χ4v) is 5.16. The normalized spacial score (nSPS) is 18.4. The summed E-state index contributed by atoms with van der Waals surface area (Å²) in [5.74, 6) is 1.10. The number of aromatic nitrogens is 4. The summed E-state index contributed by atoms with van der Waals surface area (Å²) in [4.78, 5) is 31.0. The van der Waals surface area contributed by atoms with E-state index in [2.05, 4.69) is 26.2 Å². The molecule has 0 aliphatic heterocycles. The van der Waals surface area contributed by atoms with Crippen LogP contribution in [0.1, 0.15) is 38.2 Å². The third kappa shape index (κ3) is 4.51. The molecular weight excluding hydrogens is 506 g/mol. The number of aliphatic hydroxyl groups excluding tert-OH is 2. The number of benzene rings is 1. The SMILES string of the molecule is CCn1c(=O)c2c(nc(N[C@@H]3CCCC[C@H]3O)n2Cc2ccc(OC)c(Br)c2)n(CCO)c1=O. The molecule has 0 saturated heterocycles. The molecule has 3 aromatic rings. The smallest absolute Gasteiger partial charge is 0.332 e. The molecular formula is C23H30BrN5O5. The number of methoxy groups -OCH3 is 1. The fraction of sp³-hybridized carbons (Fsp3) is 0.522. The lowest BCUT2D eigenvalue weighted by Gasteiger charge is -2.28. The van der Waals surface area contributed by atoms with Gasteiger partial charge >= 0.3 is 5.69 Å². The maximum Gasteiger partial charge on any atom is 0.332 e. The Balaban J connectivity index is 1.92. The largest absolute Gasteiger partial charge is 0.496 e. The van der Waals surface area contributed by atoms with Gasteiger partial charge in [-0.3, -0.25) is 18.5 Å². The second-order valence-corrected chi connectivity index (χ2v) is 9.33. The molecule has 2 heterocycles. The first-order valence-corrected chi connectivity index (χ1v) is 12.3. The van der Waals surface area contributed by atoms with Crippen molar-refractivity contribution in [2.24, 2.45) is 0 Å². The van der Waals surface area contributed by atoms with Crippen LogP contribution < -0.4 is 21.3 Å². The van der Waals surface area contributed by atoms with Crippen LogP contribution in [0.3, 0.4) is 0 Å². The van der Waals surface area contributed by atoms with Crippen molar-refractivity contribution in [1.29, 1.82) is 0 Å². The van der Waals surface area contributed by atoms with Gasteiger partial charge in [-0.1, -0.05) is 18.9 Å². The number of aliphatic hydroxyl groups is 2. The number of halogens is 1. The highest BCUT2D eigenvalue weighted by Crippen LogP contribution is 2.28. The Labute approximate surface area is 204 Å². The molecule has 11 heteroatoms. The molecule has 0 bridgehead atoms. The van der Waals surface area contributed by atoms with E-state index in [1.54, 1.807) is 18.6 Å². The lowest BCUT2D eigenvalue weighted by atomic mass is 9.93. The average molecular weight is 536 g/mol. The molecule has 4 rings (SSSR count). The molecule has 0 amide bonds. The highest BCUT2D eigenvalue weighted by atomic mass is 79.9. The summed E-state index contributed by atoms with van der Waals surface area (Å²) >= 11 is 3.51. The summed E-state index contributed by atoms with van der Waals surface area (Å²) in [5, 5.41) is 23.4. The number of nitrogens with one attached hydrogen (secondary N) is 1. The Hall–Kier alpha value is -2.63. The summed E-state index contributed by atoms with van der Waals surface area (Å²) in [6.45, 7) is 1.99. The second kappa shape index (κ2) is 10.3. The van der Waals surface area contributed by atoms with E-state index in [1.165, 1.54) is 4.57 Å². The van der Waals surface area contributed by atoms with Crippen LogP contribution in [-0.4, -0.2) is 54.8 Å². The molecule has 1 aliphatic rings. The first-order chi connectivity index (χ1) is 16.4. The minimum Gasteiger partial charge on any atom is -0.496 e. The predicted molar refractivity (Wildman–Crippen MR) is 133 cm³/mol. The van der Waals surface area contributed by atoms with Gasteiger partial charge in [-0.2, -0.15) is 4.98 Å². The molecule has 2 aromatic heterocycles. The van der Waals surface area contributed by atoms with Gasteiger partial charge in [0, 0.05) is 6.54 Å². The van der Waals surface area contributed by atoms with Gasteiger partial charge < -0.3 is 20.3 Å². The van der Waals surface area contributed by atoms with Gasteiger partial charge in [-0.15, -0.1) is 0 Å². The van der Waals surface area contributed by atoms with Gasteiger partial charge in [0.15, 0.2) is 11.2 Å². The summed E-state index contributed by atoms with van der Waals surface area (Å²) in [7, 11) is 1.59.